The average Bonchev–Trinajstić information content (AvgIpc) is 3.25. The maximum atomic E-state index is 13.1. The number of fused-ring (bicyclic) bond motifs is 1. The number of para-hydroxylation sites is 1. The Balaban J connectivity index is 1.42. The summed E-state index contributed by atoms with van der Waals surface area (Å²) in [5, 5.41) is 2.81. The van der Waals surface area contributed by atoms with Crippen LogP contribution in [0.15, 0.2) is 77.7 Å². The van der Waals surface area contributed by atoms with Gasteiger partial charge in [-0.05, 0) is 73.0 Å². The number of nitrogens with zero attached hydrogens (tertiary/aromatic N) is 1. The van der Waals surface area contributed by atoms with Crippen molar-refractivity contribution in [3.05, 3.63) is 83.9 Å². The summed E-state index contributed by atoms with van der Waals surface area (Å²) >= 11 is 0. The number of sulfonamides is 1. The minimum absolute atomic E-state index is 0.195. The van der Waals surface area contributed by atoms with E-state index in [9.17, 15) is 13.2 Å². The Hall–Kier alpha value is -3.32. The molecule has 4 rings (SSSR count). The number of benzene rings is 3. The molecule has 166 valence electrons. The normalized spacial score (nSPS) is 13.0. The lowest BCUT2D eigenvalue weighted by Gasteiger charge is -2.19. The molecule has 1 N–H and O–H groups in total. The second-order valence-electron chi connectivity index (χ2n) is 7.66. The minimum atomic E-state index is -3.66. The highest BCUT2D eigenvalue weighted by Gasteiger charge is 2.30. The Labute approximate surface area is 188 Å². The van der Waals surface area contributed by atoms with Crippen molar-refractivity contribution in [2.45, 2.75) is 31.1 Å². The lowest BCUT2D eigenvalue weighted by molar-refractivity contribution is 0.102. The third kappa shape index (κ3) is 4.62. The smallest absolute Gasteiger partial charge is 0.264 e. The molecule has 6 nitrogen and oxygen atoms in total. The molecule has 3 aromatic rings. The number of nitrogens with one attached hydrogen (secondary N) is 1. The summed E-state index contributed by atoms with van der Waals surface area (Å²) in [6.45, 7) is 3.18. The van der Waals surface area contributed by atoms with Gasteiger partial charge in [0.15, 0.2) is 0 Å². The molecule has 1 heterocycles. The molecule has 3 aromatic carbocycles. The number of hydrogen-bond donors (Lipinski definition) is 1. The van der Waals surface area contributed by atoms with E-state index in [1.54, 1.807) is 36.4 Å². The second-order valence-corrected chi connectivity index (χ2v) is 9.52. The monoisotopic (exact) mass is 450 g/mol. The fourth-order valence-corrected chi connectivity index (χ4v) is 5.14. The SMILES string of the molecule is CCCCOc1ccc(C(=O)Nc2ccc(S(=O)(=O)N3CCc4ccccc43)cc2)cc1. The van der Waals surface area contributed by atoms with E-state index in [1.165, 1.54) is 16.4 Å². The molecule has 1 aliphatic rings. The van der Waals surface area contributed by atoms with Crippen molar-refractivity contribution < 1.29 is 17.9 Å². The minimum Gasteiger partial charge on any atom is -0.494 e. The first-order valence-corrected chi connectivity index (χ1v) is 12.2. The van der Waals surface area contributed by atoms with Crippen LogP contribution in [0.2, 0.25) is 0 Å². The third-order valence-electron chi connectivity index (χ3n) is 5.43. The predicted molar refractivity (Wildman–Crippen MR) is 126 cm³/mol. The van der Waals surface area contributed by atoms with Gasteiger partial charge in [-0.15, -0.1) is 0 Å². The Bertz CT molecular complexity index is 1190. The van der Waals surface area contributed by atoms with Gasteiger partial charge in [0.05, 0.1) is 17.2 Å². The van der Waals surface area contributed by atoms with Gasteiger partial charge in [0, 0.05) is 17.8 Å². The van der Waals surface area contributed by atoms with Gasteiger partial charge in [0.1, 0.15) is 5.75 Å². The van der Waals surface area contributed by atoms with Crippen molar-refractivity contribution in [2.24, 2.45) is 0 Å². The van der Waals surface area contributed by atoms with Crippen molar-refractivity contribution >= 4 is 27.3 Å². The van der Waals surface area contributed by atoms with Crippen molar-refractivity contribution in [1.82, 2.24) is 0 Å². The molecule has 32 heavy (non-hydrogen) atoms. The number of anilines is 2. The van der Waals surface area contributed by atoms with Crippen molar-refractivity contribution in [1.29, 1.82) is 0 Å². The summed E-state index contributed by atoms with van der Waals surface area (Å²) in [6, 6.07) is 20.8. The maximum Gasteiger partial charge on any atom is 0.264 e. The fourth-order valence-electron chi connectivity index (χ4n) is 3.64. The molecular formula is C25H26N2O4S. The van der Waals surface area contributed by atoms with E-state index in [0.29, 0.717) is 30.8 Å². The molecule has 0 radical (unpaired) electrons. The fraction of sp³-hybridized carbons (Fsp3) is 0.240. The first-order valence-electron chi connectivity index (χ1n) is 10.7. The summed E-state index contributed by atoms with van der Waals surface area (Å²) in [7, 11) is -3.66. The van der Waals surface area contributed by atoms with E-state index in [1.807, 2.05) is 24.3 Å². The Morgan fingerprint density at radius 3 is 2.44 bits per heavy atom. The average molecular weight is 451 g/mol. The Morgan fingerprint density at radius 2 is 1.72 bits per heavy atom. The number of rotatable bonds is 8. The summed E-state index contributed by atoms with van der Waals surface area (Å²) in [5.74, 6) is 0.460. The van der Waals surface area contributed by atoms with Crippen molar-refractivity contribution in [2.75, 3.05) is 22.8 Å². The van der Waals surface area contributed by atoms with Crippen LogP contribution in [0.5, 0.6) is 5.75 Å². The highest BCUT2D eigenvalue weighted by Crippen LogP contribution is 2.32. The third-order valence-corrected chi connectivity index (χ3v) is 7.26. The summed E-state index contributed by atoms with van der Waals surface area (Å²) in [6.07, 6.45) is 2.75. The maximum absolute atomic E-state index is 13.1. The van der Waals surface area contributed by atoms with E-state index < -0.39 is 10.0 Å². The predicted octanol–water partition coefficient (Wildman–Crippen LogP) is 4.87. The number of ether oxygens (including phenoxy) is 1. The van der Waals surface area contributed by atoms with Gasteiger partial charge in [-0.2, -0.15) is 0 Å². The molecule has 1 aliphatic heterocycles. The molecule has 0 atom stereocenters. The molecule has 7 heteroatoms. The van der Waals surface area contributed by atoms with Gasteiger partial charge >= 0.3 is 0 Å². The number of unbranched alkanes of at least 4 members (excludes halogenated alkanes) is 1. The van der Waals surface area contributed by atoms with Gasteiger partial charge in [0.25, 0.3) is 15.9 Å². The van der Waals surface area contributed by atoms with Gasteiger partial charge in [0.2, 0.25) is 0 Å². The molecular weight excluding hydrogens is 424 g/mol. The van der Waals surface area contributed by atoms with Crippen molar-refractivity contribution in [3.63, 3.8) is 0 Å². The molecule has 0 fully saturated rings. The van der Waals surface area contributed by atoms with Crippen LogP contribution >= 0.6 is 0 Å². The summed E-state index contributed by atoms with van der Waals surface area (Å²) < 4.78 is 33.3. The highest BCUT2D eigenvalue weighted by molar-refractivity contribution is 7.92. The van der Waals surface area contributed by atoms with E-state index >= 15 is 0 Å². The second kappa shape index (κ2) is 9.44. The van der Waals surface area contributed by atoms with Crippen molar-refractivity contribution in [3.8, 4) is 5.75 Å². The van der Waals surface area contributed by atoms with Gasteiger partial charge in [-0.25, -0.2) is 8.42 Å². The van der Waals surface area contributed by atoms with Crippen LogP contribution in [0.3, 0.4) is 0 Å². The Morgan fingerprint density at radius 1 is 1.00 bits per heavy atom. The van der Waals surface area contributed by atoms with Crippen LogP contribution in [0.25, 0.3) is 0 Å². The lowest BCUT2D eigenvalue weighted by Crippen LogP contribution is -2.29. The van der Waals surface area contributed by atoms with Crippen LogP contribution in [-0.4, -0.2) is 27.5 Å². The zero-order chi connectivity index (χ0) is 22.6. The number of hydrogen-bond acceptors (Lipinski definition) is 4. The van der Waals surface area contributed by atoms with Crippen LogP contribution in [0.1, 0.15) is 35.7 Å². The standard InChI is InChI=1S/C25H26N2O4S/c1-2-3-18-31-22-12-8-20(9-13-22)25(28)26-21-10-14-23(15-11-21)32(29,30)27-17-16-19-6-4-5-7-24(19)27/h4-15H,2-3,16-18H2,1H3,(H,26,28). The van der Waals surface area contributed by atoms with Gasteiger partial charge < -0.3 is 10.1 Å². The van der Waals surface area contributed by atoms with E-state index in [-0.39, 0.29) is 10.8 Å². The van der Waals surface area contributed by atoms with Crippen LogP contribution < -0.4 is 14.4 Å². The van der Waals surface area contributed by atoms with E-state index in [0.717, 1.165) is 29.8 Å². The molecule has 0 aromatic heterocycles. The van der Waals surface area contributed by atoms with Gasteiger partial charge in [-0.1, -0.05) is 31.5 Å². The first kappa shape index (κ1) is 21.9. The summed E-state index contributed by atoms with van der Waals surface area (Å²) in [4.78, 5) is 12.7. The molecule has 0 spiro atoms. The molecule has 0 unspecified atom stereocenters. The highest BCUT2D eigenvalue weighted by atomic mass is 32.2. The van der Waals surface area contributed by atoms with Crippen LogP contribution in [-0.2, 0) is 16.4 Å². The van der Waals surface area contributed by atoms with E-state index in [4.69, 9.17) is 4.74 Å². The Kier molecular flexibility index (Phi) is 6.46. The largest absolute Gasteiger partial charge is 0.494 e. The van der Waals surface area contributed by atoms with Gasteiger partial charge in [-0.3, -0.25) is 9.10 Å². The van der Waals surface area contributed by atoms with Crippen LogP contribution in [0.4, 0.5) is 11.4 Å². The number of carbonyl (C=O) groups is 1. The lowest BCUT2D eigenvalue weighted by atomic mass is 10.2. The number of amides is 1. The molecule has 1 amide bonds. The molecule has 0 saturated carbocycles. The van der Waals surface area contributed by atoms with E-state index in [2.05, 4.69) is 12.2 Å². The zero-order valence-corrected chi connectivity index (χ0v) is 18.8. The molecule has 0 saturated heterocycles. The zero-order valence-electron chi connectivity index (χ0n) is 18.0. The quantitative estimate of drug-likeness (QED) is 0.497. The first-order chi connectivity index (χ1) is 15.5. The number of carbonyl (C=O) groups excluding carboxylic acids is 1. The van der Waals surface area contributed by atoms with Crippen LogP contribution in [0, 0.1) is 0 Å². The summed E-state index contributed by atoms with van der Waals surface area (Å²) in [5.41, 5.74) is 2.78. The molecule has 0 bridgehead atoms. The molecule has 0 aliphatic carbocycles. The topological polar surface area (TPSA) is 75.7 Å².